The molecule has 0 radical (unpaired) electrons. The van der Waals surface area contributed by atoms with Gasteiger partial charge in [-0.25, -0.2) is 0 Å². The topological polar surface area (TPSA) is 55.8 Å². The van der Waals surface area contributed by atoms with Gasteiger partial charge in [0, 0.05) is 0 Å². The van der Waals surface area contributed by atoms with E-state index in [1.54, 1.807) is 24.2 Å². The van der Waals surface area contributed by atoms with Gasteiger partial charge in [-0.3, -0.25) is 14.5 Å². The smallest absolute Gasteiger partial charge is 0.317 e. The quantitative estimate of drug-likeness (QED) is 0.156. The van der Waals surface area contributed by atoms with E-state index in [4.69, 9.17) is 21.7 Å². The Labute approximate surface area is 235 Å². The van der Waals surface area contributed by atoms with E-state index in [1.165, 1.54) is 31.0 Å². The predicted octanol–water partition coefficient (Wildman–Crippen LogP) is 7.29. The van der Waals surface area contributed by atoms with Crippen LogP contribution in [0.3, 0.4) is 0 Å². The third kappa shape index (κ3) is 4.45. The summed E-state index contributed by atoms with van der Waals surface area (Å²) in [5.41, 5.74) is 2.17. The van der Waals surface area contributed by atoms with Gasteiger partial charge in [0.05, 0.1) is 27.6 Å². The van der Waals surface area contributed by atoms with Crippen molar-refractivity contribution in [3.8, 4) is 11.5 Å². The molecule has 0 atom stereocenters. The average molecular weight is 599 g/mol. The molecule has 37 heavy (non-hydrogen) atoms. The second-order valence-corrected chi connectivity index (χ2v) is 13.5. The third-order valence-electron chi connectivity index (χ3n) is 8.37. The first-order valence-corrected chi connectivity index (χ1v) is 14.7. The first-order valence-electron chi connectivity index (χ1n) is 12.7. The van der Waals surface area contributed by atoms with Crippen molar-refractivity contribution >= 4 is 67.9 Å². The normalized spacial score (nSPS) is 29.3. The van der Waals surface area contributed by atoms with Gasteiger partial charge < -0.3 is 9.47 Å². The van der Waals surface area contributed by atoms with Crippen molar-refractivity contribution < 1.29 is 19.1 Å². The van der Waals surface area contributed by atoms with E-state index in [2.05, 4.69) is 15.9 Å². The minimum Gasteiger partial charge on any atom is -0.493 e. The molecule has 1 amide bonds. The fraction of sp³-hybridized carbons (Fsp3) is 0.414. The Morgan fingerprint density at radius 3 is 2.41 bits per heavy atom. The van der Waals surface area contributed by atoms with Crippen LogP contribution < -0.4 is 14.4 Å². The molecule has 1 aliphatic heterocycles. The minimum atomic E-state index is -0.360. The molecule has 1 heterocycles. The Hall–Kier alpha value is -2.16. The summed E-state index contributed by atoms with van der Waals surface area (Å²) in [5.74, 6) is 2.54. The lowest BCUT2D eigenvalue weighted by Gasteiger charge is -2.55. The number of hydrogen-bond donors (Lipinski definition) is 0. The zero-order chi connectivity index (χ0) is 25.9. The van der Waals surface area contributed by atoms with E-state index < -0.39 is 0 Å². The molecule has 0 aromatic heterocycles. The summed E-state index contributed by atoms with van der Waals surface area (Å²) in [6, 6.07) is 11.3. The van der Waals surface area contributed by atoms with Crippen LogP contribution >= 0.6 is 39.9 Å². The number of thioether (sulfide) groups is 1. The number of nitrogens with zero attached hydrogens (tertiary/aromatic N) is 1. The monoisotopic (exact) mass is 597 g/mol. The van der Waals surface area contributed by atoms with E-state index in [0.29, 0.717) is 43.0 Å². The Morgan fingerprint density at radius 2 is 1.78 bits per heavy atom. The summed E-state index contributed by atoms with van der Waals surface area (Å²) in [4.78, 5) is 28.9. The van der Waals surface area contributed by atoms with Crippen LogP contribution in [0.15, 0.2) is 45.8 Å². The van der Waals surface area contributed by atoms with Crippen LogP contribution in [0.4, 0.5) is 5.69 Å². The molecule has 0 unspecified atom stereocenters. The first-order chi connectivity index (χ1) is 17.8. The van der Waals surface area contributed by atoms with E-state index in [0.717, 1.165) is 36.1 Å². The second-order valence-electron chi connectivity index (χ2n) is 10.9. The number of thiocarbonyl (C=S) groups is 1. The van der Waals surface area contributed by atoms with Gasteiger partial charge in [0.2, 0.25) is 0 Å². The Bertz CT molecular complexity index is 1320. The molecule has 5 nitrogen and oxygen atoms in total. The molecule has 2 aromatic rings. The largest absolute Gasteiger partial charge is 0.493 e. The maximum Gasteiger partial charge on any atom is 0.317 e. The van der Waals surface area contributed by atoms with E-state index in [1.807, 2.05) is 37.3 Å². The molecule has 0 spiro atoms. The highest BCUT2D eigenvalue weighted by Gasteiger charge is 2.55. The van der Waals surface area contributed by atoms with Gasteiger partial charge in [0.25, 0.3) is 5.91 Å². The number of ether oxygens (including phenoxy) is 2. The third-order valence-corrected chi connectivity index (χ3v) is 10.3. The standard InChI is InChI=1S/C29H28BrNO4S2/c1-16-5-3-4-6-22(16)31-26(32)24(37-28(31)36)12-17-10-21(30)25(23(11-17)34-2)35-27(33)29-13-18-7-19(14-29)9-20(8-18)15-29/h3-6,10-12,18-20H,7-9,13-15H2,1-2H3/b24-12+. The number of carbonyl (C=O) groups is 2. The van der Waals surface area contributed by atoms with Crippen LogP contribution in [0.2, 0.25) is 0 Å². The lowest BCUT2D eigenvalue weighted by atomic mass is 9.49. The lowest BCUT2D eigenvalue weighted by molar-refractivity contribution is -0.161. The van der Waals surface area contributed by atoms with Crippen molar-refractivity contribution in [2.24, 2.45) is 23.2 Å². The van der Waals surface area contributed by atoms with Crippen molar-refractivity contribution in [3.05, 3.63) is 56.9 Å². The molecule has 1 saturated heterocycles. The number of methoxy groups -OCH3 is 1. The van der Waals surface area contributed by atoms with Gasteiger partial charge >= 0.3 is 5.97 Å². The number of hydrogen-bond acceptors (Lipinski definition) is 6. The first kappa shape index (κ1) is 25.1. The number of rotatable bonds is 5. The molecular weight excluding hydrogens is 570 g/mol. The van der Waals surface area contributed by atoms with Crippen LogP contribution in [-0.4, -0.2) is 23.3 Å². The molecule has 4 bridgehead atoms. The number of carbonyl (C=O) groups excluding carboxylic acids is 2. The fourth-order valence-electron chi connectivity index (χ4n) is 7.12. The van der Waals surface area contributed by atoms with Crippen molar-refractivity contribution in [2.45, 2.75) is 45.4 Å². The average Bonchev–Trinajstić information content (AvgIpc) is 3.12. The molecule has 5 fully saturated rings. The number of halogens is 1. The number of amides is 1. The molecule has 0 N–H and O–H groups in total. The Balaban J connectivity index is 1.26. The van der Waals surface area contributed by atoms with Gasteiger partial charge in [0.15, 0.2) is 15.8 Å². The van der Waals surface area contributed by atoms with E-state index in [-0.39, 0.29) is 17.3 Å². The van der Waals surface area contributed by atoms with Crippen molar-refractivity contribution in [1.82, 2.24) is 0 Å². The number of anilines is 1. The Kier molecular flexibility index (Phi) is 6.48. The summed E-state index contributed by atoms with van der Waals surface area (Å²) >= 11 is 10.4. The van der Waals surface area contributed by atoms with Gasteiger partial charge in [0.1, 0.15) is 0 Å². The highest BCUT2D eigenvalue weighted by atomic mass is 79.9. The number of esters is 1. The van der Waals surface area contributed by atoms with Crippen LogP contribution in [0.5, 0.6) is 11.5 Å². The van der Waals surface area contributed by atoms with Gasteiger partial charge in [-0.05, 0) is 115 Å². The van der Waals surface area contributed by atoms with Gasteiger partial charge in [-0.15, -0.1) is 0 Å². The zero-order valence-corrected chi connectivity index (χ0v) is 24.0. The molecule has 5 aliphatic rings. The molecule has 2 aromatic carbocycles. The van der Waals surface area contributed by atoms with Crippen molar-refractivity contribution in [2.75, 3.05) is 12.0 Å². The SMILES string of the molecule is COc1cc(/C=C2/SC(=S)N(c3ccccc3C)C2=O)cc(Br)c1OC(=O)C12CC3CC(CC(C3)C1)C2. The highest BCUT2D eigenvalue weighted by Crippen LogP contribution is 2.60. The maximum atomic E-state index is 13.5. The lowest BCUT2D eigenvalue weighted by Crippen LogP contribution is -2.51. The zero-order valence-electron chi connectivity index (χ0n) is 20.8. The number of benzene rings is 2. The van der Waals surface area contributed by atoms with Crippen LogP contribution in [-0.2, 0) is 9.59 Å². The number of aryl methyl sites for hydroxylation is 1. The number of para-hydroxylation sites is 1. The molecule has 8 heteroatoms. The van der Waals surface area contributed by atoms with Crippen LogP contribution in [0, 0.1) is 30.1 Å². The van der Waals surface area contributed by atoms with Gasteiger partial charge in [-0.2, -0.15) is 0 Å². The molecule has 7 rings (SSSR count). The maximum absolute atomic E-state index is 13.5. The van der Waals surface area contributed by atoms with E-state index in [9.17, 15) is 9.59 Å². The minimum absolute atomic E-state index is 0.127. The Morgan fingerprint density at radius 1 is 1.14 bits per heavy atom. The summed E-state index contributed by atoms with van der Waals surface area (Å²) in [6.07, 6.45) is 8.43. The van der Waals surface area contributed by atoms with Crippen LogP contribution in [0.1, 0.15) is 49.7 Å². The summed E-state index contributed by atoms with van der Waals surface area (Å²) in [6.45, 7) is 1.96. The summed E-state index contributed by atoms with van der Waals surface area (Å²) in [7, 11) is 1.56. The fourth-order valence-corrected chi connectivity index (χ4v) is 8.95. The molecule has 192 valence electrons. The van der Waals surface area contributed by atoms with Crippen LogP contribution in [0.25, 0.3) is 6.08 Å². The summed E-state index contributed by atoms with van der Waals surface area (Å²) in [5, 5.41) is 0. The molecule has 4 saturated carbocycles. The summed E-state index contributed by atoms with van der Waals surface area (Å²) < 4.78 is 12.8. The second kappa shape index (κ2) is 9.54. The molecular formula is C29H28BrNO4S2. The van der Waals surface area contributed by atoms with Gasteiger partial charge in [-0.1, -0.05) is 42.2 Å². The predicted molar refractivity (Wildman–Crippen MR) is 154 cm³/mol. The van der Waals surface area contributed by atoms with Crippen molar-refractivity contribution in [3.63, 3.8) is 0 Å². The molecule has 4 aliphatic carbocycles. The highest BCUT2D eigenvalue weighted by molar-refractivity contribution is 9.10. The van der Waals surface area contributed by atoms with Crippen molar-refractivity contribution in [1.29, 1.82) is 0 Å². The van der Waals surface area contributed by atoms with E-state index >= 15 is 0 Å².